The molecule has 2 nitrogen and oxygen atoms in total. The first-order valence-electron chi connectivity index (χ1n) is 5.80. The van der Waals surface area contributed by atoms with Gasteiger partial charge in [-0.3, -0.25) is 0 Å². The van der Waals surface area contributed by atoms with Gasteiger partial charge in [-0.15, -0.1) is 0 Å². The Kier molecular flexibility index (Phi) is 3.96. The van der Waals surface area contributed by atoms with Crippen molar-refractivity contribution in [3.8, 4) is 0 Å². The van der Waals surface area contributed by atoms with E-state index in [4.69, 9.17) is 5.11 Å². The second kappa shape index (κ2) is 4.63. The monoisotopic (exact) mass is 199 g/mol. The summed E-state index contributed by atoms with van der Waals surface area (Å²) in [6.45, 7) is 9.32. The lowest BCUT2D eigenvalue weighted by atomic mass is 9.70. The van der Waals surface area contributed by atoms with Crippen molar-refractivity contribution in [2.24, 2.45) is 11.3 Å². The highest BCUT2D eigenvalue weighted by Crippen LogP contribution is 2.38. The average molecular weight is 199 g/mol. The van der Waals surface area contributed by atoms with Crippen molar-refractivity contribution >= 4 is 0 Å². The Bertz CT molecular complexity index is 179. The van der Waals surface area contributed by atoms with E-state index in [0.29, 0.717) is 11.5 Å². The largest absolute Gasteiger partial charge is 0.395 e. The first-order valence-corrected chi connectivity index (χ1v) is 5.80. The molecule has 0 aromatic rings. The molecule has 0 heterocycles. The maximum atomic E-state index is 9.00. The van der Waals surface area contributed by atoms with Crippen LogP contribution in [0.3, 0.4) is 0 Å². The fourth-order valence-electron chi connectivity index (χ4n) is 2.93. The molecule has 14 heavy (non-hydrogen) atoms. The number of aliphatic hydroxyl groups is 1. The molecule has 84 valence electrons. The van der Waals surface area contributed by atoms with E-state index in [1.807, 2.05) is 6.92 Å². The maximum absolute atomic E-state index is 9.00. The molecule has 0 aromatic heterocycles. The molecular formula is C12H25NO. The summed E-state index contributed by atoms with van der Waals surface area (Å²) in [7, 11) is 0. The first-order chi connectivity index (χ1) is 6.43. The summed E-state index contributed by atoms with van der Waals surface area (Å²) < 4.78 is 0. The lowest BCUT2D eigenvalue weighted by molar-refractivity contribution is 0.135. The highest BCUT2D eigenvalue weighted by molar-refractivity contribution is 4.87. The summed E-state index contributed by atoms with van der Waals surface area (Å²) in [5.41, 5.74) is 0.463. The van der Waals surface area contributed by atoms with Crippen LogP contribution in [-0.2, 0) is 0 Å². The molecule has 3 atom stereocenters. The second-order valence-corrected chi connectivity index (χ2v) is 5.86. The van der Waals surface area contributed by atoms with Gasteiger partial charge in [-0.2, -0.15) is 0 Å². The Hall–Kier alpha value is -0.0800. The van der Waals surface area contributed by atoms with Crippen molar-refractivity contribution in [1.82, 2.24) is 5.32 Å². The summed E-state index contributed by atoms with van der Waals surface area (Å²) in [5.74, 6) is 0.808. The molecule has 0 bridgehead atoms. The normalized spacial score (nSPS) is 34.1. The number of nitrogens with one attached hydrogen (secondary N) is 1. The number of hydrogen-bond donors (Lipinski definition) is 2. The zero-order valence-electron chi connectivity index (χ0n) is 10.0. The van der Waals surface area contributed by atoms with Crippen LogP contribution >= 0.6 is 0 Å². The standard InChI is InChI=1S/C12H25NO/c1-9-5-11(13-10(2)8-14)7-12(3,4)6-9/h9-11,13-14H,5-8H2,1-4H3/t9-,10-,11-/m1/s1. The molecule has 0 aromatic carbocycles. The third-order valence-corrected chi connectivity index (χ3v) is 3.18. The minimum Gasteiger partial charge on any atom is -0.395 e. The number of aliphatic hydroxyl groups excluding tert-OH is 1. The SMILES string of the molecule is C[C@@H]1C[C@@H](N[C@H](C)CO)CC(C)(C)C1. The van der Waals surface area contributed by atoms with Crippen molar-refractivity contribution in [3.05, 3.63) is 0 Å². The predicted molar refractivity (Wildman–Crippen MR) is 60.3 cm³/mol. The molecule has 0 aliphatic heterocycles. The van der Waals surface area contributed by atoms with Crippen LogP contribution in [-0.4, -0.2) is 23.8 Å². The molecule has 0 radical (unpaired) electrons. The van der Waals surface area contributed by atoms with E-state index in [1.165, 1.54) is 19.3 Å². The summed E-state index contributed by atoms with van der Waals surface area (Å²) in [6, 6.07) is 0.831. The van der Waals surface area contributed by atoms with Gasteiger partial charge >= 0.3 is 0 Å². The second-order valence-electron chi connectivity index (χ2n) is 5.86. The third kappa shape index (κ3) is 3.58. The molecule has 0 saturated heterocycles. The smallest absolute Gasteiger partial charge is 0.0582 e. The van der Waals surface area contributed by atoms with E-state index in [1.54, 1.807) is 0 Å². The molecule has 2 N–H and O–H groups in total. The van der Waals surface area contributed by atoms with Crippen LogP contribution in [0.4, 0.5) is 0 Å². The molecule has 1 rings (SSSR count). The van der Waals surface area contributed by atoms with Gasteiger partial charge in [0.05, 0.1) is 6.61 Å². The predicted octanol–water partition coefficient (Wildman–Crippen LogP) is 2.17. The van der Waals surface area contributed by atoms with E-state index in [0.717, 1.165) is 5.92 Å². The molecular weight excluding hydrogens is 174 g/mol. The van der Waals surface area contributed by atoms with Crippen LogP contribution in [0, 0.1) is 11.3 Å². The zero-order valence-corrected chi connectivity index (χ0v) is 10.0. The van der Waals surface area contributed by atoms with E-state index in [9.17, 15) is 0 Å². The van der Waals surface area contributed by atoms with Gasteiger partial charge in [-0.05, 0) is 37.5 Å². The Morgan fingerprint density at radius 2 is 2.07 bits per heavy atom. The molecule has 0 amide bonds. The molecule has 2 heteroatoms. The topological polar surface area (TPSA) is 32.3 Å². The van der Waals surface area contributed by atoms with Gasteiger partial charge in [0.15, 0.2) is 0 Å². The summed E-state index contributed by atoms with van der Waals surface area (Å²) in [6.07, 6.45) is 3.83. The fourth-order valence-corrected chi connectivity index (χ4v) is 2.93. The highest BCUT2D eigenvalue weighted by Gasteiger charge is 2.32. The van der Waals surface area contributed by atoms with Gasteiger partial charge in [0.2, 0.25) is 0 Å². The van der Waals surface area contributed by atoms with E-state index in [-0.39, 0.29) is 12.6 Å². The number of rotatable bonds is 3. The Morgan fingerprint density at radius 3 is 2.57 bits per heavy atom. The third-order valence-electron chi connectivity index (χ3n) is 3.18. The van der Waals surface area contributed by atoms with Crippen molar-refractivity contribution in [2.45, 2.75) is 59.0 Å². The lowest BCUT2D eigenvalue weighted by Crippen LogP contribution is -2.45. The zero-order chi connectivity index (χ0) is 10.8. The van der Waals surface area contributed by atoms with Crippen LogP contribution < -0.4 is 5.32 Å². The van der Waals surface area contributed by atoms with E-state index < -0.39 is 0 Å². The minimum atomic E-state index is 0.237. The average Bonchev–Trinajstić information content (AvgIpc) is 1.99. The van der Waals surface area contributed by atoms with Crippen LogP contribution in [0.15, 0.2) is 0 Å². The van der Waals surface area contributed by atoms with E-state index >= 15 is 0 Å². The Balaban J connectivity index is 2.45. The van der Waals surface area contributed by atoms with E-state index in [2.05, 4.69) is 26.1 Å². The summed E-state index contributed by atoms with van der Waals surface area (Å²) in [5, 5.41) is 12.5. The van der Waals surface area contributed by atoms with Gasteiger partial charge in [0.25, 0.3) is 0 Å². The summed E-state index contributed by atoms with van der Waals surface area (Å²) >= 11 is 0. The van der Waals surface area contributed by atoms with Gasteiger partial charge in [-0.1, -0.05) is 20.8 Å². The van der Waals surface area contributed by atoms with Gasteiger partial charge < -0.3 is 10.4 Å². The van der Waals surface area contributed by atoms with Crippen molar-refractivity contribution in [2.75, 3.05) is 6.61 Å². The molecule has 1 saturated carbocycles. The quantitative estimate of drug-likeness (QED) is 0.730. The van der Waals surface area contributed by atoms with Gasteiger partial charge in [0.1, 0.15) is 0 Å². The fraction of sp³-hybridized carbons (Fsp3) is 1.00. The number of hydrogen-bond acceptors (Lipinski definition) is 2. The van der Waals surface area contributed by atoms with Crippen molar-refractivity contribution in [3.63, 3.8) is 0 Å². The minimum absolute atomic E-state index is 0.237. The maximum Gasteiger partial charge on any atom is 0.0582 e. The van der Waals surface area contributed by atoms with Crippen LogP contribution in [0.2, 0.25) is 0 Å². The first kappa shape index (κ1) is 12.0. The van der Waals surface area contributed by atoms with Crippen molar-refractivity contribution < 1.29 is 5.11 Å². The van der Waals surface area contributed by atoms with Gasteiger partial charge in [-0.25, -0.2) is 0 Å². The highest BCUT2D eigenvalue weighted by atomic mass is 16.3. The molecule has 0 spiro atoms. The van der Waals surface area contributed by atoms with Crippen LogP contribution in [0.5, 0.6) is 0 Å². The van der Waals surface area contributed by atoms with Crippen LogP contribution in [0.1, 0.15) is 47.0 Å². The Labute approximate surface area is 88.1 Å². The molecule has 1 aliphatic rings. The summed E-state index contributed by atoms with van der Waals surface area (Å²) in [4.78, 5) is 0. The molecule has 1 fully saturated rings. The molecule has 1 aliphatic carbocycles. The van der Waals surface area contributed by atoms with Crippen molar-refractivity contribution in [1.29, 1.82) is 0 Å². The van der Waals surface area contributed by atoms with Crippen LogP contribution in [0.25, 0.3) is 0 Å². The van der Waals surface area contributed by atoms with Gasteiger partial charge in [0, 0.05) is 12.1 Å². The Morgan fingerprint density at radius 1 is 1.43 bits per heavy atom. The molecule has 0 unspecified atom stereocenters. The lowest BCUT2D eigenvalue weighted by Gasteiger charge is -2.40.